The van der Waals surface area contributed by atoms with E-state index in [9.17, 15) is 4.39 Å². The highest BCUT2D eigenvalue weighted by atomic mass is 19.1. The predicted molar refractivity (Wildman–Crippen MR) is 76.6 cm³/mol. The molecule has 0 atom stereocenters. The van der Waals surface area contributed by atoms with Crippen LogP contribution in [-0.4, -0.2) is 12.6 Å². The van der Waals surface area contributed by atoms with Gasteiger partial charge in [0.25, 0.3) is 0 Å². The van der Waals surface area contributed by atoms with Gasteiger partial charge < -0.3 is 5.32 Å². The molecule has 0 aliphatic carbocycles. The Bertz CT molecular complexity index is 348. The Labute approximate surface area is 111 Å². The summed E-state index contributed by atoms with van der Waals surface area (Å²) in [6.07, 6.45) is 4.69. The molecular formula is C16H26FN. The lowest BCUT2D eigenvalue weighted by molar-refractivity contribution is 0.548. The molecule has 0 heterocycles. The molecule has 0 aliphatic heterocycles. The molecule has 0 amide bonds. The van der Waals surface area contributed by atoms with E-state index in [1.807, 2.05) is 26.0 Å². The van der Waals surface area contributed by atoms with Crippen molar-refractivity contribution in [2.75, 3.05) is 6.54 Å². The van der Waals surface area contributed by atoms with Crippen LogP contribution in [0.4, 0.5) is 4.39 Å². The normalized spacial score (nSPS) is 11.2. The average Bonchev–Trinajstić information content (AvgIpc) is 2.30. The maximum absolute atomic E-state index is 13.5. The highest BCUT2D eigenvalue weighted by Gasteiger charge is 2.04. The van der Waals surface area contributed by atoms with E-state index in [0.717, 1.165) is 24.1 Å². The summed E-state index contributed by atoms with van der Waals surface area (Å²) < 4.78 is 13.5. The van der Waals surface area contributed by atoms with E-state index < -0.39 is 0 Å². The minimum absolute atomic E-state index is 0.0557. The van der Waals surface area contributed by atoms with Crippen LogP contribution in [0.2, 0.25) is 0 Å². The number of unbranched alkanes of at least 4 members (excludes halogenated alkanes) is 2. The quantitative estimate of drug-likeness (QED) is 0.718. The lowest BCUT2D eigenvalue weighted by Gasteiger charge is -2.08. The van der Waals surface area contributed by atoms with Crippen molar-refractivity contribution in [2.45, 2.75) is 59.4 Å². The second kappa shape index (κ2) is 7.52. The maximum Gasteiger partial charge on any atom is 0.129 e. The zero-order chi connectivity index (χ0) is 13.5. The van der Waals surface area contributed by atoms with Crippen molar-refractivity contribution in [3.63, 3.8) is 0 Å². The van der Waals surface area contributed by atoms with Crippen molar-refractivity contribution in [2.24, 2.45) is 0 Å². The second-order valence-corrected chi connectivity index (χ2v) is 5.46. The molecule has 102 valence electrons. The zero-order valence-electron chi connectivity index (χ0n) is 12.1. The van der Waals surface area contributed by atoms with Crippen LogP contribution in [0.3, 0.4) is 0 Å². The third-order valence-electron chi connectivity index (χ3n) is 3.19. The third kappa shape index (κ3) is 5.18. The van der Waals surface area contributed by atoms with E-state index in [-0.39, 0.29) is 5.82 Å². The van der Waals surface area contributed by atoms with E-state index in [0.29, 0.717) is 6.04 Å². The standard InChI is InChI=1S/C16H26FN/c1-12(2)18-9-7-5-6-8-15-10-13(3)16(17)14(4)11-15/h10-12,18H,5-9H2,1-4H3. The second-order valence-electron chi connectivity index (χ2n) is 5.46. The molecule has 0 aromatic heterocycles. The molecule has 18 heavy (non-hydrogen) atoms. The Morgan fingerprint density at radius 2 is 1.67 bits per heavy atom. The van der Waals surface area contributed by atoms with Crippen molar-refractivity contribution in [3.8, 4) is 0 Å². The molecule has 1 rings (SSSR count). The zero-order valence-corrected chi connectivity index (χ0v) is 12.1. The van der Waals surface area contributed by atoms with Gasteiger partial charge in [-0.25, -0.2) is 4.39 Å². The number of rotatable bonds is 7. The van der Waals surface area contributed by atoms with Crippen LogP contribution in [0.15, 0.2) is 12.1 Å². The first-order valence-electron chi connectivity index (χ1n) is 6.99. The summed E-state index contributed by atoms with van der Waals surface area (Å²) >= 11 is 0. The molecule has 0 radical (unpaired) electrons. The minimum Gasteiger partial charge on any atom is -0.315 e. The summed E-state index contributed by atoms with van der Waals surface area (Å²) in [4.78, 5) is 0. The summed E-state index contributed by atoms with van der Waals surface area (Å²) in [7, 11) is 0. The number of halogens is 1. The summed E-state index contributed by atoms with van der Waals surface area (Å²) in [6, 6.07) is 4.54. The summed E-state index contributed by atoms with van der Waals surface area (Å²) in [6.45, 7) is 9.13. The Morgan fingerprint density at radius 3 is 2.22 bits per heavy atom. The van der Waals surface area contributed by atoms with Crippen molar-refractivity contribution >= 4 is 0 Å². The summed E-state index contributed by atoms with van der Waals surface area (Å²) in [5.41, 5.74) is 2.81. The van der Waals surface area contributed by atoms with Crippen molar-refractivity contribution in [3.05, 3.63) is 34.6 Å². The number of nitrogens with one attached hydrogen (secondary N) is 1. The van der Waals surface area contributed by atoms with Gasteiger partial charge in [0.15, 0.2) is 0 Å². The molecule has 0 unspecified atom stereocenters. The van der Waals surface area contributed by atoms with E-state index >= 15 is 0 Å². The molecule has 2 heteroatoms. The van der Waals surface area contributed by atoms with Crippen molar-refractivity contribution in [1.82, 2.24) is 5.32 Å². The van der Waals surface area contributed by atoms with Gasteiger partial charge in [0.05, 0.1) is 0 Å². The van der Waals surface area contributed by atoms with Gasteiger partial charge in [-0.2, -0.15) is 0 Å². The molecule has 1 N–H and O–H groups in total. The molecular weight excluding hydrogens is 225 g/mol. The van der Waals surface area contributed by atoms with E-state index in [4.69, 9.17) is 0 Å². The van der Waals surface area contributed by atoms with Gasteiger partial charge in [-0.15, -0.1) is 0 Å². The SMILES string of the molecule is Cc1cc(CCCCCNC(C)C)cc(C)c1F. The van der Waals surface area contributed by atoms with Gasteiger partial charge in [0.2, 0.25) is 0 Å². The fraction of sp³-hybridized carbons (Fsp3) is 0.625. The van der Waals surface area contributed by atoms with Gasteiger partial charge >= 0.3 is 0 Å². The summed E-state index contributed by atoms with van der Waals surface area (Å²) in [5.74, 6) is -0.0557. The minimum atomic E-state index is -0.0557. The molecule has 1 nitrogen and oxygen atoms in total. The van der Waals surface area contributed by atoms with Gasteiger partial charge in [0, 0.05) is 6.04 Å². The van der Waals surface area contributed by atoms with Crippen molar-refractivity contribution in [1.29, 1.82) is 0 Å². The fourth-order valence-electron chi connectivity index (χ4n) is 2.20. The van der Waals surface area contributed by atoms with Crippen LogP contribution in [0.5, 0.6) is 0 Å². The Morgan fingerprint density at radius 1 is 1.06 bits per heavy atom. The molecule has 0 spiro atoms. The number of hydrogen-bond acceptors (Lipinski definition) is 1. The van der Waals surface area contributed by atoms with E-state index in [1.165, 1.54) is 24.8 Å². The van der Waals surface area contributed by atoms with Crippen LogP contribution in [-0.2, 0) is 6.42 Å². The van der Waals surface area contributed by atoms with Gasteiger partial charge in [-0.05, 0) is 56.3 Å². The Balaban J connectivity index is 2.27. The van der Waals surface area contributed by atoms with E-state index in [2.05, 4.69) is 19.2 Å². The first kappa shape index (κ1) is 15.2. The molecule has 0 aliphatic rings. The Kier molecular flexibility index (Phi) is 6.34. The van der Waals surface area contributed by atoms with Gasteiger partial charge in [-0.3, -0.25) is 0 Å². The van der Waals surface area contributed by atoms with E-state index in [1.54, 1.807) is 0 Å². The summed E-state index contributed by atoms with van der Waals surface area (Å²) in [5, 5.41) is 3.42. The van der Waals surface area contributed by atoms with Gasteiger partial charge in [0.1, 0.15) is 5.82 Å². The van der Waals surface area contributed by atoms with Crippen LogP contribution in [0.25, 0.3) is 0 Å². The van der Waals surface area contributed by atoms with Crippen LogP contribution < -0.4 is 5.32 Å². The smallest absolute Gasteiger partial charge is 0.129 e. The van der Waals surface area contributed by atoms with Crippen LogP contribution in [0, 0.1) is 19.7 Å². The highest BCUT2D eigenvalue weighted by molar-refractivity contribution is 5.30. The number of aryl methyl sites for hydroxylation is 3. The number of hydrogen-bond donors (Lipinski definition) is 1. The van der Waals surface area contributed by atoms with Crippen LogP contribution in [0.1, 0.15) is 49.8 Å². The monoisotopic (exact) mass is 251 g/mol. The topological polar surface area (TPSA) is 12.0 Å². The third-order valence-corrected chi connectivity index (χ3v) is 3.19. The first-order valence-corrected chi connectivity index (χ1v) is 6.99. The molecule has 1 aromatic rings. The lowest BCUT2D eigenvalue weighted by Crippen LogP contribution is -2.23. The van der Waals surface area contributed by atoms with Crippen LogP contribution >= 0.6 is 0 Å². The predicted octanol–water partition coefficient (Wildman–Crippen LogP) is 4.15. The fourth-order valence-corrected chi connectivity index (χ4v) is 2.20. The van der Waals surface area contributed by atoms with Crippen molar-refractivity contribution < 1.29 is 4.39 Å². The lowest BCUT2D eigenvalue weighted by atomic mass is 10.0. The highest BCUT2D eigenvalue weighted by Crippen LogP contribution is 2.16. The number of benzene rings is 1. The van der Waals surface area contributed by atoms with Gasteiger partial charge in [-0.1, -0.05) is 32.4 Å². The first-order chi connectivity index (χ1) is 8.50. The largest absolute Gasteiger partial charge is 0.315 e. The average molecular weight is 251 g/mol. The molecule has 0 fully saturated rings. The molecule has 1 aromatic carbocycles. The molecule has 0 saturated carbocycles. The Hall–Kier alpha value is -0.890. The maximum atomic E-state index is 13.5. The molecule has 0 bridgehead atoms. The molecule has 0 saturated heterocycles.